The molecule has 1 aromatic carbocycles. The molecule has 0 aromatic heterocycles. The second kappa shape index (κ2) is 15.6. The van der Waals surface area contributed by atoms with Crippen molar-refractivity contribution in [1.29, 1.82) is 0 Å². The van der Waals surface area contributed by atoms with Crippen molar-refractivity contribution in [3.63, 3.8) is 0 Å². The Hall–Kier alpha value is -1.23. The fourth-order valence-corrected chi connectivity index (χ4v) is 5.58. The zero-order valence-electron chi connectivity index (χ0n) is 19.4. The number of nitrogens with zero attached hydrogens (tertiary/aromatic N) is 1. The van der Waals surface area contributed by atoms with Gasteiger partial charge < -0.3 is 0 Å². The summed E-state index contributed by atoms with van der Waals surface area (Å²) in [5.74, 6) is -0.607. The van der Waals surface area contributed by atoms with Crippen molar-refractivity contribution in [2.24, 2.45) is 0 Å². The standard InChI is InChI=1S/C24H42AsNO5/c1-3-4-5-6-7-8-9-10-11-12-13-14-15-16-20-26(21(2)27)24-22(25(29,30)31)18-17-19-23(24)28/h17-19,28H,3-16,20H2,1-2H3,(H2,29,30,31). The van der Waals surface area contributed by atoms with Gasteiger partial charge in [-0.05, 0) is 0 Å². The van der Waals surface area contributed by atoms with Crippen LogP contribution in [0.3, 0.4) is 0 Å². The molecule has 0 aliphatic rings. The van der Waals surface area contributed by atoms with Crippen LogP contribution < -0.4 is 9.25 Å². The number of para-hydroxylation sites is 1. The number of anilines is 1. The van der Waals surface area contributed by atoms with Gasteiger partial charge in [0.2, 0.25) is 0 Å². The Morgan fingerprint density at radius 1 is 0.839 bits per heavy atom. The number of hydrogen-bond acceptors (Lipinski definition) is 3. The van der Waals surface area contributed by atoms with Gasteiger partial charge in [0, 0.05) is 0 Å². The van der Waals surface area contributed by atoms with Crippen LogP contribution in [0.2, 0.25) is 0 Å². The van der Waals surface area contributed by atoms with Crippen molar-refractivity contribution in [2.45, 2.75) is 104 Å². The zero-order valence-corrected chi connectivity index (χ0v) is 21.3. The van der Waals surface area contributed by atoms with E-state index in [1.165, 1.54) is 101 Å². The van der Waals surface area contributed by atoms with E-state index in [2.05, 4.69) is 6.92 Å². The molecule has 1 rings (SSSR count). The molecule has 0 saturated heterocycles. The SMILES string of the molecule is CCCCCCCCCCCCCCCCN(C(C)=O)c1c(O)cccc1[As](=O)(O)O. The summed E-state index contributed by atoms with van der Waals surface area (Å²) in [5.41, 5.74) is -0.0443. The van der Waals surface area contributed by atoms with E-state index in [0.29, 0.717) is 6.54 Å². The number of amides is 1. The van der Waals surface area contributed by atoms with Crippen molar-refractivity contribution < 1.29 is 21.8 Å². The number of benzene rings is 1. The second-order valence-electron chi connectivity index (χ2n) is 8.46. The van der Waals surface area contributed by atoms with E-state index in [1.807, 2.05) is 0 Å². The normalized spacial score (nSPS) is 11.6. The monoisotopic (exact) mass is 499 g/mol. The van der Waals surface area contributed by atoms with Crippen LogP contribution in [0, 0.1) is 0 Å². The summed E-state index contributed by atoms with van der Waals surface area (Å²) < 4.78 is 30.9. The fourth-order valence-electron chi connectivity index (χ4n) is 3.92. The Bertz CT molecular complexity index is 689. The van der Waals surface area contributed by atoms with Gasteiger partial charge >= 0.3 is 146 Å². The van der Waals surface area contributed by atoms with Gasteiger partial charge in [-0.25, -0.2) is 0 Å². The van der Waals surface area contributed by atoms with E-state index in [1.54, 1.807) is 0 Å². The summed E-state index contributed by atoms with van der Waals surface area (Å²) in [4.78, 5) is 13.4. The molecular weight excluding hydrogens is 457 g/mol. The number of carbonyl (C=O) groups excluding carboxylic acids is 1. The molecule has 3 N–H and O–H groups in total. The van der Waals surface area contributed by atoms with Gasteiger partial charge in [0.25, 0.3) is 0 Å². The van der Waals surface area contributed by atoms with Gasteiger partial charge in [0.1, 0.15) is 0 Å². The third kappa shape index (κ3) is 11.3. The Morgan fingerprint density at radius 2 is 1.29 bits per heavy atom. The van der Waals surface area contributed by atoms with E-state index in [9.17, 15) is 21.8 Å². The topological polar surface area (TPSA) is 98.1 Å². The Kier molecular flexibility index (Phi) is 13.9. The van der Waals surface area contributed by atoms with Crippen LogP contribution in [0.15, 0.2) is 18.2 Å². The summed E-state index contributed by atoms with van der Waals surface area (Å²) in [6.45, 7) is 3.94. The molecule has 178 valence electrons. The molecule has 31 heavy (non-hydrogen) atoms. The molecule has 1 aromatic rings. The Labute approximate surface area is 191 Å². The van der Waals surface area contributed by atoms with Crippen LogP contribution in [0.5, 0.6) is 5.75 Å². The van der Waals surface area contributed by atoms with Crippen LogP contribution in [0.25, 0.3) is 0 Å². The van der Waals surface area contributed by atoms with Crippen LogP contribution in [0.1, 0.15) is 104 Å². The van der Waals surface area contributed by atoms with E-state index < -0.39 is 14.2 Å². The maximum atomic E-state index is 12.1. The second-order valence-corrected chi connectivity index (χ2v) is 11.7. The number of rotatable bonds is 17. The number of phenols is 1. The Balaban J connectivity index is 2.28. The molecule has 0 aliphatic heterocycles. The third-order valence-electron chi connectivity index (χ3n) is 5.69. The number of unbranched alkanes of at least 4 members (excludes halogenated alkanes) is 13. The predicted molar refractivity (Wildman–Crippen MR) is 127 cm³/mol. The summed E-state index contributed by atoms with van der Waals surface area (Å²) in [5, 5.41) is 10.2. The van der Waals surface area contributed by atoms with Crippen molar-refractivity contribution >= 4 is 30.1 Å². The van der Waals surface area contributed by atoms with Gasteiger partial charge in [-0.15, -0.1) is 0 Å². The number of carbonyl (C=O) groups is 1. The summed E-state index contributed by atoms with van der Waals surface area (Å²) in [6.07, 6.45) is 17.2. The van der Waals surface area contributed by atoms with Crippen LogP contribution in [0.4, 0.5) is 5.69 Å². The molecule has 0 spiro atoms. The molecule has 0 bridgehead atoms. The molecule has 0 saturated carbocycles. The average molecular weight is 500 g/mol. The zero-order chi connectivity index (χ0) is 23.1. The minimum absolute atomic E-state index is 0.0443. The molecule has 0 fully saturated rings. The summed E-state index contributed by atoms with van der Waals surface area (Å²) in [7, 11) is 0. The minimum atomic E-state index is -5.27. The molecule has 0 atom stereocenters. The quantitative estimate of drug-likeness (QED) is 0.212. The first-order valence-corrected chi connectivity index (χ1v) is 15.3. The van der Waals surface area contributed by atoms with Gasteiger partial charge in [0.05, 0.1) is 0 Å². The van der Waals surface area contributed by atoms with Crippen molar-refractivity contribution in [2.75, 3.05) is 11.4 Å². The van der Waals surface area contributed by atoms with Crippen LogP contribution in [-0.4, -0.2) is 39.9 Å². The molecule has 0 heterocycles. The van der Waals surface area contributed by atoms with E-state index in [-0.39, 0.29) is 21.7 Å². The molecule has 0 aliphatic carbocycles. The van der Waals surface area contributed by atoms with Gasteiger partial charge in [0.15, 0.2) is 0 Å². The third-order valence-corrected chi connectivity index (χ3v) is 7.77. The summed E-state index contributed by atoms with van der Waals surface area (Å²) >= 11 is -5.27. The molecule has 0 radical (unpaired) electrons. The number of hydrogen-bond donors (Lipinski definition) is 3. The number of aromatic hydroxyl groups is 1. The van der Waals surface area contributed by atoms with Crippen molar-refractivity contribution in [3.8, 4) is 5.75 Å². The van der Waals surface area contributed by atoms with Gasteiger partial charge in [-0.3, -0.25) is 0 Å². The maximum absolute atomic E-state index is 12.1. The number of phenolic OH excluding ortho intramolecular Hbond substituents is 1. The first-order valence-electron chi connectivity index (χ1n) is 11.9. The van der Waals surface area contributed by atoms with E-state index in [4.69, 9.17) is 0 Å². The fraction of sp³-hybridized carbons (Fsp3) is 0.708. The molecule has 7 heteroatoms. The summed E-state index contributed by atoms with van der Waals surface area (Å²) in [6, 6.07) is 4.03. The first kappa shape index (κ1) is 27.8. The molecular formula is C24H42AsNO5. The van der Waals surface area contributed by atoms with Crippen LogP contribution >= 0.6 is 0 Å². The van der Waals surface area contributed by atoms with Gasteiger partial charge in [-0.1, -0.05) is 45.4 Å². The van der Waals surface area contributed by atoms with Crippen molar-refractivity contribution in [3.05, 3.63) is 18.2 Å². The molecule has 1 amide bonds. The average Bonchev–Trinajstić information content (AvgIpc) is 2.70. The molecule has 6 nitrogen and oxygen atoms in total. The molecule has 0 unspecified atom stereocenters. The van der Waals surface area contributed by atoms with Crippen LogP contribution in [-0.2, 0) is 8.53 Å². The van der Waals surface area contributed by atoms with Crippen molar-refractivity contribution in [1.82, 2.24) is 0 Å². The first-order chi connectivity index (χ1) is 14.8. The van der Waals surface area contributed by atoms with Gasteiger partial charge in [-0.2, -0.15) is 0 Å². The van der Waals surface area contributed by atoms with E-state index in [0.717, 1.165) is 19.3 Å². The predicted octanol–water partition coefficient (Wildman–Crippen LogP) is 4.79. The Morgan fingerprint density at radius 3 is 1.71 bits per heavy atom. The van der Waals surface area contributed by atoms with E-state index >= 15 is 0 Å².